The number of amides is 1. The van der Waals surface area contributed by atoms with Gasteiger partial charge in [-0.2, -0.15) is 0 Å². The fourth-order valence-corrected chi connectivity index (χ4v) is 3.15. The van der Waals surface area contributed by atoms with Crippen molar-refractivity contribution >= 4 is 34.0 Å². The molecule has 0 saturated carbocycles. The van der Waals surface area contributed by atoms with Crippen molar-refractivity contribution in [3.8, 4) is 11.3 Å². The number of hydrogen-bond acceptors (Lipinski definition) is 4. The normalized spacial score (nSPS) is 11.2. The van der Waals surface area contributed by atoms with Gasteiger partial charge in [-0.25, -0.2) is 14.8 Å². The lowest BCUT2D eigenvalue weighted by atomic mass is 10.1. The SMILES string of the molecule is CNc1nc2[nH]c(-c3cccc(CNC(=O)O)c3)cc2c2c1ncn2C. The molecule has 1 amide bonds. The fraction of sp³-hybridized carbons (Fsp3) is 0.167. The molecule has 1 aromatic carbocycles. The molecule has 132 valence electrons. The van der Waals surface area contributed by atoms with Crippen molar-refractivity contribution in [2.24, 2.45) is 7.05 Å². The second-order valence-corrected chi connectivity index (χ2v) is 6.07. The average molecular weight is 350 g/mol. The summed E-state index contributed by atoms with van der Waals surface area (Å²) in [5.41, 5.74) is 5.38. The third kappa shape index (κ3) is 2.61. The number of nitrogens with zero attached hydrogens (tertiary/aromatic N) is 3. The zero-order valence-electron chi connectivity index (χ0n) is 14.4. The smallest absolute Gasteiger partial charge is 0.404 e. The van der Waals surface area contributed by atoms with E-state index in [1.807, 2.05) is 42.9 Å². The Morgan fingerprint density at radius 2 is 2.19 bits per heavy atom. The second-order valence-electron chi connectivity index (χ2n) is 6.07. The number of aromatic amines is 1. The third-order valence-electron chi connectivity index (χ3n) is 4.36. The summed E-state index contributed by atoms with van der Waals surface area (Å²) >= 11 is 0. The number of aromatic nitrogens is 4. The zero-order valence-corrected chi connectivity index (χ0v) is 14.4. The molecule has 3 aromatic heterocycles. The molecular formula is C18H18N6O2. The minimum atomic E-state index is -1.04. The highest BCUT2D eigenvalue weighted by Crippen LogP contribution is 2.31. The number of imidazole rings is 1. The molecule has 0 spiro atoms. The van der Waals surface area contributed by atoms with E-state index in [4.69, 9.17) is 5.11 Å². The quantitative estimate of drug-likeness (QED) is 0.453. The first-order chi connectivity index (χ1) is 12.6. The molecule has 26 heavy (non-hydrogen) atoms. The first-order valence-electron chi connectivity index (χ1n) is 8.14. The summed E-state index contributed by atoms with van der Waals surface area (Å²) in [5, 5.41) is 15.2. The van der Waals surface area contributed by atoms with Crippen LogP contribution in [0.3, 0.4) is 0 Å². The van der Waals surface area contributed by atoms with Crippen molar-refractivity contribution in [3.05, 3.63) is 42.2 Å². The first-order valence-corrected chi connectivity index (χ1v) is 8.14. The lowest BCUT2D eigenvalue weighted by Crippen LogP contribution is -2.19. The van der Waals surface area contributed by atoms with Gasteiger partial charge in [0.1, 0.15) is 11.2 Å². The molecule has 4 aromatic rings. The molecule has 0 aliphatic carbocycles. The number of carbonyl (C=O) groups is 1. The predicted molar refractivity (Wildman–Crippen MR) is 100 cm³/mol. The highest BCUT2D eigenvalue weighted by Gasteiger charge is 2.15. The molecule has 4 rings (SSSR count). The van der Waals surface area contributed by atoms with Gasteiger partial charge in [-0.15, -0.1) is 0 Å². The summed E-state index contributed by atoms with van der Waals surface area (Å²) in [6.45, 7) is 0.261. The number of anilines is 1. The minimum absolute atomic E-state index is 0.261. The largest absolute Gasteiger partial charge is 0.465 e. The standard InChI is InChI=1S/C18H18N6O2/c1-19-17-14-15(24(2)9-21-14)12-7-13(22-16(12)23-17)11-5-3-4-10(6-11)8-20-18(25)26/h3-7,9,20H,8H2,1-2H3,(H,25,26)(H2,19,22,23). The first kappa shape index (κ1) is 15.9. The van der Waals surface area contributed by atoms with Crippen LogP contribution >= 0.6 is 0 Å². The number of aryl methyl sites for hydroxylation is 1. The molecule has 0 aliphatic heterocycles. The van der Waals surface area contributed by atoms with Gasteiger partial charge in [0, 0.05) is 31.7 Å². The van der Waals surface area contributed by atoms with Gasteiger partial charge in [0.15, 0.2) is 5.82 Å². The predicted octanol–water partition coefficient (Wildman–Crippen LogP) is 2.93. The molecule has 0 aliphatic rings. The Kier molecular flexibility index (Phi) is 3.72. The number of benzene rings is 1. The van der Waals surface area contributed by atoms with Crippen molar-refractivity contribution in [1.29, 1.82) is 0 Å². The summed E-state index contributed by atoms with van der Waals surface area (Å²) in [7, 11) is 3.78. The van der Waals surface area contributed by atoms with Crippen LogP contribution in [0, 0.1) is 0 Å². The number of H-pyrrole nitrogens is 1. The van der Waals surface area contributed by atoms with E-state index in [0.29, 0.717) is 0 Å². The van der Waals surface area contributed by atoms with Crippen LogP contribution in [0.5, 0.6) is 0 Å². The summed E-state index contributed by atoms with van der Waals surface area (Å²) in [4.78, 5) is 23.1. The van der Waals surface area contributed by atoms with Gasteiger partial charge in [-0.1, -0.05) is 18.2 Å². The van der Waals surface area contributed by atoms with Gasteiger partial charge < -0.3 is 25.3 Å². The van der Waals surface area contributed by atoms with E-state index in [0.717, 1.165) is 44.7 Å². The van der Waals surface area contributed by atoms with E-state index < -0.39 is 6.09 Å². The Bertz CT molecular complexity index is 1130. The Labute approximate surface area is 148 Å². The van der Waals surface area contributed by atoms with Crippen LogP contribution in [0.15, 0.2) is 36.7 Å². The van der Waals surface area contributed by atoms with Crippen LogP contribution in [-0.2, 0) is 13.6 Å². The van der Waals surface area contributed by atoms with Crippen molar-refractivity contribution in [2.75, 3.05) is 12.4 Å². The Hall–Kier alpha value is -3.55. The highest BCUT2D eigenvalue weighted by molar-refractivity contribution is 6.07. The maximum atomic E-state index is 10.7. The summed E-state index contributed by atoms with van der Waals surface area (Å²) in [6, 6.07) is 9.79. The van der Waals surface area contributed by atoms with Crippen LogP contribution in [0.4, 0.5) is 10.6 Å². The molecule has 0 unspecified atom stereocenters. The van der Waals surface area contributed by atoms with Gasteiger partial charge in [0.25, 0.3) is 0 Å². The number of pyridine rings is 1. The van der Waals surface area contributed by atoms with E-state index in [9.17, 15) is 4.79 Å². The number of hydrogen-bond donors (Lipinski definition) is 4. The highest BCUT2D eigenvalue weighted by atomic mass is 16.4. The van der Waals surface area contributed by atoms with Crippen LogP contribution in [-0.4, -0.2) is 37.8 Å². The third-order valence-corrected chi connectivity index (χ3v) is 4.36. The van der Waals surface area contributed by atoms with Crippen molar-refractivity contribution in [1.82, 2.24) is 24.8 Å². The molecule has 0 radical (unpaired) electrons. The maximum Gasteiger partial charge on any atom is 0.404 e. The van der Waals surface area contributed by atoms with E-state index in [-0.39, 0.29) is 6.54 Å². The minimum Gasteiger partial charge on any atom is -0.465 e. The lowest BCUT2D eigenvalue weighted by Gasteiger charge is -2.04. The Balaban J connectivity index is 1.83. The van der Waals surface area contributed by atoms with Gasteiger partial charge in [0.2, 0.25) is 0 Å². The molecule has 0 fully saturated rings. The maximum absolute atomic E-state index is 10.7. The van der Waals surface area contributed by atoms with E-state index in [2.05, 4.69) is 31.7 Å². The summed E-state index contributed by atoms with van der Waals surface area (Å²) < 4.78 is 1.98. The number of nitrogens with one attached hydrogen (secondary N) is 3. The fourth-order valence-electron chi connectivity index (χ4n) is 3.15. The van der Waals surface area contributed by atoms with Crippen molar-refractivity contribution < 1.29 is 9.90 Å². The van der Waals surface area contributed by atoms with Crippen LogP contribution in [0.2, 0.25) is 0 Å². The van der Waals surface area contributed by atoms with E-state index in [1.165, 1.54) is 0 Å². The number of fused-ring (bicyclic) bond motifs is 3. The molecule has 8 nitrogen and oxygen atoms in total. The topological polar surface area (TPSA) is 108 Å². The summed E-state index contributed by atoms with van der Waals surface area (Å²) in [6.07, 6.45) is 0.737. The number of rotatable bonds is 4. The molecule has 0 bridgehead atoms. The van der Waals surface area contributed by atoms with Crippen molar-refractivity contribution in [2.45, 2.75) is 6.54 Å². The van der Waals surface area contributed by atoms with Crippen LogP contribution < -0.4 is 10.6 Å². The molecular weight excluding hydrogens is 332 g/mol. The summed E-state index contributed by atoms with van der Waals surface area (Å²) in [5.74, 6) is 0.723. The molecule has 3 heterocycles. The van der Waals surface area contributed by atoms with Gasteiger partial charge in [-0.05, 0) is 23.3 Å². The average Bonchev–Trinajstić information content (AvgIpc) is 3.23. The van der Waals surface area contributed by atoms with Crippen molar-refractivity contribution in [3.63, 3.8) is 0 Å². The Morgan fingerprint density at radius 3 is 2.96 bits per heavy atom. The Morgan fingerprint density at radius 1 is 1.35 bits per heavy atom. The van der Waals surface area contributed by atoms with Crippen LogP contribution in [0.25, 0.3) is 33.3 Å². The number of carboxylic acid groups (broad SMARTS) is 1. The van der Waals surface area contributed by atoms with E-state index >= 15 is 0 Å². The van der Waals surface area contributed by atoms with Crippen LogP contribution in [0.1, 0.15) is 5.56 Å². The second kappa shape index (κ2) is 6.07. The molecule has 4 N–H and O–H groups in total. The van der Waals surface area contributed by atoms with E-state index in [1.54, 1.807) is 6.33 Å². The lowest BCUT2D eigenvalue weighted by molar-refractivity contribution is 0.194. The van der Waals surface area contributed by atoms with Gasteiger partial charge in [0.05, 0.1) is 11.8 Å². The molecule has 0 saturated heterocycles. The molecule has 0 atom stereocenters. The van der Waals surface area contributed by atoms with Gasteiger partial charge >= 0.3 is 6.09 Å². The van der Waals surface area contributed by atoms with Gasteiger partial charge in [-0.3, -0.25) is 0 Å². The monoisotopic (exact) mass is 350 g/mol. The zero-order chi connectivity index (χ0) is 18.3. The molecule has 8 heteroatoms.